The maximum Gasteiger partial charge on any atom is 0.302 e. The van der Waals surface area contributed by atoms with Gasteiger partial charge in [-0.05, 0) is 19.3 Å². The van der Waals surface area contributed by atoms with Crippen LogP contribution in [0.25, 0.3) is 0 Å². The van der Waals surface area contributed by atoms with Gasteiger partial charge >= 0.3 is 5.97 Å². The Morgan fingerprint density at radius 3 is 2.54 bits per heavy atom. The molecular formula is C10H19ClO2. The number of rotatable bonds is 7. The maximum atomic E-state index is 10.4. The van der Waals surface area contributed by atoms with E-state index in [-0.39, 0.29) is 11.3 Å². The molecule has 0 radical (unpaired) electrons. The highest BCUT2D eigenvalue weighted by Crippen LogP contribution is 2.13. The minimum absolute atomic E-state index is 0.209. The number of carbonyl (C=O) groups excluding carboxylic acids is 1. The van der Waals surface area contributed by atoms with Crippen molar-refractivity contribution in [3.63, 3.8) is 0 Å². The first-order valence-electron chi connectivity index (χ1n) is 4.94. The van der Waals surface area contributed by atoms with Crippen molar-refractivity contribution in [2.75, 3.05) is 6.61 Å². The number of halogens is 1. The van der Waals surface area contributed by atoms with Gasteiger partial charge in [-0.2, -0.15) is 0 Å². The molecule has 0 aromatic rings. The van der Waals surface area contributed by atoms with Gasteiger partial charge in [-0.1, -0.05) is 19.8 Å². The Hall–Kier alpha value is -0.240. The Kier molecular flexibility index (Phi) is 8.21. The lowest BCUT2D eigenvalue weighted by atomic mass is 10.1. The van der Waals surface area contributed by atoms with Crippen LogP contribution in [0.1, 0.15) is 46.0 Å². The van der Waals surface area contributed by atoms with Crippen LogP contribution in [0.15, 0.2) is 0 Å². The molecule has 0 aliphatic rings. The van der Waals surface area contributed by atoms with Crippen LogP contribution in [-0.4, -0.2) is 18.0 Å². The first-order valence-corrected chi connectivity index (χ1v) is 5.38. The zero-order valence-electron chi connectivity index (χ0n) is 8.51. The fraction of sp³-hybridized carbons (Fsp3) is 0.900. The third-order valence-corrected chi connectivity index (χ3v) is 2.27. The second-order valence-corrected chi connectivity index (χ2v) is 3.84. The quantitative estimate of drug-likeness (QED) is 0.364. The lowest BCUT2D eigenvalue weighted by Gasteiger charge is -2.07. The molecule has 2 nitrogen and oxygen atoms in total. The van der Waals surface area contributed by atoms with Crippen LogP contribution in [0, 0.1) is 0 Å². The molecule has 0 bridgehead atoms. The average molecular weight is 207 g/mol. The normalized spacial score (nSPS) is 12.5. The summed E-state index contributed by atoms with van der Waals surface area (Å²) in [4.78, 5) is 10.4. The van der Waals surface area contributed by atoms with Gasteiger partial charge in [0.1, 0.15) is 0 Å². The van der Waals surface area contributed by atoms with Crippen LogP contribution in [0.4, 0.5) is 0 Å². The summed E-state index contributed by atoms with van der Waals surface area (Å²) in [7, 11) is 0. The van der Waals surface area contributed by atoms with Gasteiger partial charge < -0.3 is 4.74 Å². The van der Waals surface area contributed by atoms with Gasteiger partial charge in [0.15, 0.2) is 0 Å². The van der Waals surface area contributed by atoms with E-state index >= 15 is 0 Å². The molecule has 0 saturated heterocycles. The smallest absolute Gasteiger partial charge is 0.302 e. The van der Waals surface area contributed by atoms with E-state index in [0.29, 0.717) is 6.61 Å². The van der Waals surface area contributed by atoms with Crippen molar-refractivity contribution in [3.8, 4) is 0 Å². The van der Waals surface area contributed by atoms with E-state index in [4.69, 9.17) is 16.3 Å². The van der Waals surface area contributed by atoms with Crippen molar-refractivity contribution in [1.82, 2.24) is 0 Å². The van der Waals surface area contributed by atoms with E-state index in [9.17, 15) is 4.79 Å². The van der Waals surface area contributed by atoms with Crippen molar-refractivity contribution in [2.45, 2.75) is 51.3 Å². The van der Waals surface area contributed by atoms with Gasteiger partial charge in [0, 0.05) is 12.3 Å². The van der Waals surface area contributed by atoms with Crippen LogP contribution in [0.5, 0.6) is 0 Å². The SMILES string of the molecule is CCCCC(Cl)CCCOC(C)=O. The molecule has 0 aliphatic carbocycles. The number of hydrogen-bond acceptors (Lipinski definition) is 2. The highest BCUT2D eigenvalue weighted by atomic mass is 35.5. The fourth-order valence-corrected chi connectivity index (χ4v) is 1.40. The summed E-state index contributed by atoms with van der Waals surface area (Å²) in [5.41, 5.74) is 0. The number of ether oxygens (including phenoxy) is 1. The van der Waals surface area contributed by atoms with E-state index in [0.717, 1.165) is 19.3 Å². The molecule has 0 spiro atoms. The Morgan fingerprint density at radius 1 is 1.38 bits per heavy atom. The second-order valence-electron chi connectivity index (χ2n) is 3.22. The van der Waals surface area contributed by atoms with E-state index in [1.54, 1.807) is 0 Å². The number of alkyl halides is 1. The molecule has 78 valence electrons. The molecule has 0 aromatic carbocycles. The van der Waals surface area contributed by atoms with Crippen molar-refractivity contribution < 1.29 is 9.53 Å². The molecule has 0 saturated carbocycles. The predicted octanol–water partition coefficient (Wildman–Crippen LogP) is 3.13. The predicted molar refractivity (Wildman–Crippen MR) is 55.0 cm³/mol. The summed E-state index contributed by atoms with van der Waals surface area (Å²) in [6.07, 6.45) is 5.25. The summed E-state index contributed by atoms with van der Waals surface area (Å²) in [5.74, 6) is -0.209. The lowest BCUT2D eigenvalue weighted by Crippen LogP contribution is -2.04. The largest absolute Gasteiger partial charge is 0.466 e. The van der Waals surface area contributed by atoms with Gasteiger partial charge in [-0.25, -0.2) is 0 Å². The number of carbonyl (C=O) groups is 1. The Labute approximate surface area is 85.6 Å². The standard InChI is InChI=1S/C10H19ClO2/c1-3-4-6-10(11)7-5-8-13-9(2)12/h10H,3-8H2,1-2H3. The third-order valence-electron chi connectivity index (χ3n) is 1.84. The summed E-state index contributed by atoms with van der Waals surface area (Å²) >= 11 is 6.03. The molecule has 0 rings (SSSR count). The average Bonchev–Trinajstić information content (AvgIpc) is 2.08. The summed E-state index contributed by atoms with van der Waals surface area (Å²) in [5, 5.41) is 0.246. The fourth-order valence-electron chi connectivity index (χ4n) is 1.09. The van der Waals surface area contributed by atoms with E-state index in [2.05, 4.69) is 6.92 Å². The number of hydrogen-bond donors (Lipinski definition) is 0. The maximum absolute atomic E-state index is 10.4. The van der Waals surface area contributed by atoms with Crippen LogP contribution < -0.4 is 0 Å². The minimum atomic E-state index is -0.209. The minimum Gasteiger partial charge on any atom is -0.466 e. The Bertz CT molecular complexity index is 137. The molecule has 1 unspecified atom stereocenters. The van der Waals surface area contributed by atoms with Crippen molar-refractivity contribution >= 4 is 17.6 Å². The lowest BCUT2D eigenvalue weighted by molar-refractivity contribution is -0.141. The van der Waals surface area contributed by atoms with Crippen LogP contribution in [0.2, 0.25) is 0 Å². The monoisotopic (exact) mass is 206 g/mol. The highest BCUT2D eigenvalue weighted by molar-refractivity contribution is 6.20. The number of unbranched alkanes of at least 4 members (excludes halogenated alkanes) is 1. The molecule has 0 fully saturated rings. The zero-order valence-corrected chi connectivity index (χ0v) is 9.27. The zero-order chi connectivity index (χ0) is 10.1. The van der Waals surface area contributed by atoms with Crippen molar-refractivity contribution in [2.24, 2.45) is 0 Å². The van der Waals surface area contributed by atoms with E-state index in [1.807, 2.05) is 0 Å². The van der Waals surface area contributed by atoms with Crippen molar-refractivity contribution in [3.05, 3.63) is 0 Å². The summed E-state index contributed by atoms with van der Waals surface area (Å²) in [6, 6.07) is 0. The number of esters is 1. The van der Waals surface area contributed by atoms with Gasteiger partial charge in [0.05, 0.1) is 6.61 Å². The van der Waals surface area contributed by atoms with Gasteiger partial charge in [0.25, 0.3) is 0 Å². The molecule has 0 amide bonds. The molecule has 0 N–H and O–H groups in total. The third kappa shape index (κ3) is 9.68. The van der Waals surface area contributed by atoms with E-state index in [1.165, 1.54) is 19.8 Å². The van der Waals surface area contributed by atoms with E-state index < -0.39 is 0 Å². The first kappa shape index (κ1) is 12.8. The molecule has 0 heterocycles. The first-order chi connectivity index (χ1) is 6.16. The topological polar surface area (TPSA) is 26.3 Å². The second kappa shape index (κ2) is 8.36. The van der Waals surface area contributed by atoms with Crippen molar-refractivity contribution in [1.29, 1.82) is 0 Å². The Balaban J connectivity index is 3.16. The molecule has 0 aliphatic heterocycles. The van der Waals surface area contributed by atoms with Crippen LogP contribution in [-0.2, 0) is 9.53 Å². The molecular weight excluding hydrogens is 188 g/mol. The summed E-state index contributed by atoms with van der Waals surface area (Å²) < 4.78 is 4.80. The van der Waals surface area contributed by atoms with Crippen LogP contribution in [0.3, 0.4) is 0 Å². The summed E-state index contributed by atoms with van der Waals surface area (Å²) in [6.45, 7) is 4.09. The molecule has 0 aromatic heterocycles. The van der Waals surface area contributed by atoms with Crippen LogP contribution >= 0.6 is 11.6 Å². The van der Waals surface area contributed by atoms with Gasteiger partial charge in [-0.15, -0.1) is 11.6 Å². The highest BCUT2D eigenvalue weighted by Gasteiger charge is 2.03. The molecule has 13 heavy (non-hydrogen) atoms. The van der Waals surface area contributed by atoms with Gasteiger partial charge in [-0.3, -0.25) is 4.79 Å². The Morgan fingerprint density at radius 2 is 2.00 bits per heavy atom. The molecule has 1 atom stereocenters. The van der Waals surface area contributed by atoms with Gasteiger partial charge in [0.2, 0.25) is 0 Å². The molecule has 3 heteroatoms.